The zero-order valence-electron chi connectivity index (χ0n) is 20.2. The van der Waals surface area contributed by atoms with E-state index in [0.717, 1.165) is 25.1 Å². The first-order valence-corrected chi connectivity index (χ1v) is 12.2. The van der Waals surface area contributed by atoms with Crippen molar-refractivity contribution in [1.82, 2.24) is 19.9 Å². The van der Waals surface area contributed by atoms with Crippen molar-refractivity contribution in [3.8, 4) is 0 Å². The summed E-state index contributed by atoms with van der Waals surface area (Å²) in [5, 5.41) is 52.9. The number of rotatable bonds is 4. The SMILES string of the molecule is OB(O)c1cccs1.OB(O)c1ccncc1.OB(O)c1cncnc1.c1cncc(B2OCCCO2)c1. The van der Waals surface area contributed by atoms with Gasteiger partial charge in [0, 0.05) is 66.1 Å². The molecule has 0 spiro atoms. The Bertz CT molecular complexity index is 1060. The molecule has 4 aromatic heterocycles. The maximum Gasteiger partial charge on any atom is 0.499 e. The van der Waals surface area contributed by atoms with Gasteiger partial charge in [0.2, 0.25) is 0 Å². The molecule has 0 saturated carbocycles. The number of hydrogen-bond acceptors (Lipinski definition) is 13. The second-order valence-electron chi connectivity index (χ2n) is 7.30. The lowest BCUT2D eigenvalue weighted by Gasteiger charge is -2.19. The van der Waals surface area contributed by atoms with Gasteiger partial charge in [-0.15, -0.1) is 0 Å². The Morgan fingerprint density at radius 2 is 1.34 bits per heavy atom. The van der Waals surface area contributed by atoms with E-state index in [1.165, 1.54) is 42.5 Å². The Kier molecular flexibility index (Phi) is 15.0. The molecule has 0 atom stereocenters. The Balaban J connectivity index is 0.000000180. The minimum atomic E-state index is -1.47. The molecular weight excluding hydrogens is 512 g/mol. The van der Waals surface area contributed by atoms with Crippen LogP contribution in [0.25, 0.3) is 0 Å². The first-order valence-electron chi connectivity index (χ1n) is 11.3. The standard InChI is InChI=1S/C8H10BNO2.C5H6BNO2.C4H5BN2O2.C4H5BO2S/c1-3-8(7-10-4-1)9-11-5-2-6-12-9;8-6(9)5-1-3-7-4-2-5;8-5(9)4-1-6-3-7-2-4;6-5(7)4-2-1-3-8-4/h1,3-4,7H,2,5-6H2;1-4,8-9H;1-3,8-9H;1-3,6-7H. The zero-order valence-corrected chi connectivity index (χ0v) is 21.0. The fraction of sp³-hybridized carbons (Fsp3) is 0.143. The second kappa shape index (κ2) is 18.3. The van der Waals surface area contributed by atoms with Crippen LogP contribution in [0.4, 0.5) is 0 Å². The van der Waals surface area contributed by atoms with Crippen LogP contribution >= 0.6 is 11.3 Å². The summed E-state index contributed by atoms with van der Waals surface area (Å²) in [6, 6.07) is 10.4. The maximum absolute atomic E-state index is 8.55. The van der Waals surface area contributed by atoms with E-state index in [4.69, 9.17) is 39.5 Å². The lowest BCUT2D eigenvalue weighted by molar-refractivity contribution is 0.143. The summed E-state index contributed by atoms with van der Waals surface area (Å²) in [7, 11) is -4.35. The van der Waals surface area contributed by atoms with Gasteiger partial charge in [0.15, 0.2) is 0 Å². The number of aromatic nitrogens is 4. The van der Waals surface area contributed by atoms with Crippen LogP contribution in [0.3, 0.4) is 0 Å². The smallest absolute Gasteiger partial charge is 0.423 e. The lowest BCUT2D eigenvalue weighted by Crippen LogP contribution is -2.40. The molecule has 0 bridgehead atoms. The molecule has 38 heavy (non-hydrogen) atoms. The van der Waals surface area contributed by atoms with Crippen LogP contribution in [0.15, 0.2) is 85.3 Å². The van der Waals surface area contributed by atoms with Crippen molar-refractivity contribution >= 4 is 61.0 Å². The Morgan fingerprint density at radius 3 is 1.76 bits per heavy atom. The van der Waals surface area contributed by atoms with Crippen LogP contribution in [0, 0.1) is 0 Å². The summed E-state index contributed by atoms with van der Waals surface area (Å²) in [6.07, 6.45) is 11.5. The summed E-state index contributed by atoms with van der Waals surface area (Å²) in [5.74, 6) is 0. The third-order valence-electron chi connectivity index (χ3n) is 4.46. The molecule has 5 heterocycles. The normalized spacial score (nSPS) is 11.9. The van der Waals surface area contributed by atoms with Crippen molar-refractivity contribution < 1.29 is 39.5 Å². The van der Waals surface area contributed by atoms with Gasteiger partial charge in [-0.3, -0.25) is 9.97 Å². The first-order chi connectivity index (χ1) is 18.4. The van der Waals surface area contributed by atoms with Crippen molar-refractivity contribution in [2.24, 2.45) is 0 Å². The highest BCUT2D eigenvalue weighted by molar-refractivity contribution is 7.20. The fourth-order valence-corrected chi connectivity index (χ4v) is 3.21. The van der Waals surface area contributed by atoms with Crippen LogP contribution in [0.2, 0.25) is 0 Å². The van der Waals surface area contributed by atoms with Gasteiger partial charge in [0.05, 0.1) is 0 Å². The number of thiophene rings is 1. The summed E-state index contributed by atoms with van der Waals surface area (Å²) in [4.78, 5) is 14.9. The molecule has 0 unspecified atom stereocenters. The highest BCUT2D eigenvalue weighted by Gasteiger charge is 2.23. The first kappa shape index (κ1) is 31.2. The van der Waals surface area contributed by atoms with Gasteiger partial charge in [0.1, 0.15) is 6.33 Å². The minimum Gasteiger partial charge on any atom is -0.423 e. The molecule has 6 N–H and O–H groups in total. The molecule has 1 saturated heterocycles. The van der Waals surface area contributed by atoms with E-state index in [9.17, 15) is 0 Å². The quantitative estimate of drug-likeness (QED) is 0.141. The molecule has 0 radical (unpaired) electrons. The predicted octanol–water partition coefficient (Wildman–Crippen LogP) is -3.44. The van der Waals surface area contributed by atoms with Crippen molar-refractivity contribution in [2.45, 2.75) is 6.42 Å². The summed E-state index contributed by atoms with van der Waals surface area (Å²) in [6.45, 7) is 1.55. The average molecular weight is 538 g/mol. The summed E-state index contributed by atoms with van der Waals surface area (Å²) >= 11 is 1.33. The van der Waals surface area contributed by atoms with Crippen molar-refractivity contribution in [3.63, 3.8) is 0 Å². The van der Waals surface area contributed by atoms with Crippen LogP contribution in [-0.4, -0.2) is 91.8 Å². The molecule has 5 rings (SSSR count). The van der Waals surface area contributed by atoms with Crippen molar-refractivity contribution in [3.05, 3.63) is 85.3 Å². The maximum atomic E-state index is 8.55. The largest absolute Gasteiger partial charge is 0.499 e. The van der Waals surface area contributed by atoms with E-state index < -0.39 is 21.4 Å². The Hall–Kier alpha value is -2.98. The lowest BCUT2D eigenvalue weighted by atomic mass is 9.79. The monoisotopic (exact) mass is 538 g/mol. The number of nitrogens with zero attached hydrogens (tertiary/aromatic N) is 4. The number of pyridine rings is 2. The molecule has 196 valence electrons. The highest BCUT2D eigenvalue weighted by atomic mass is 32.1. The van der Waals surface area contributed by atoms with E-state index in [2.05, 4.69) is 19.9 Å². The topological polar surface area (TPSA) is 191 Å². The minimum absolute atomic E-state index is 0.201. The average Bonchev–Trinajstić information content (AvgIpc) is 3.52. The summed E-state index contributed by atoms with van der Waals surface area (Å²) < 4.78 is 11.4. The van der Waals surface area contributed by atoms with Crippen LogP contribution in [0.1, 0.15) is 6.42 Å². The zero-order chi connectivity index (χ0) is 27.6. The van der Waals surface area contributed by atoms with Gasteiger partial charge < -0.3 is 39.5 Å². The van der Waals surface area contributed by atoms with Crippen LogP contribution < -0.4 is 21.2 Å². The van der Waals surface area contributed by atoms with E-state index in [0.29, 0.717) is 15.7 Å². The van der Waals surface area contributed by atoms with E-state index >= 15 is 0 Å². The van der Waals surface area contributed by atoms with E-state index in [1.54, 1.807) is 42.0 Å². The molecule has 1 aliphatic rings. The molecule has 0 aromatic carbocycles. The number of hydrogen-bond donors (Lipinski definition) is 6. The summed E-state index contributed by atoms with van der Waals surface area (Å²) in [5.41, 5.74) is 1.76. The fourth-order valence-electron chi connectivity index (χ4n) is 2.61. The van der Waals surface area contributed by atoms with Gasteiger partial charge in [0.25, 0.3) is 0 Å². The van der Waals surface area contributed by atoms with Crippen LogP contribution in [0.5, 0.6) is 0 Å². The second-order valence-corrected chi connectivity index (χ2v) is 8.28. The molecule has 12 nitrogen and oxygen atoms in total. The molecule has 0 aliphatic carbocycles. The molecule has 1 fully saturated rings. The van der Waals surface area contributed by atoms with Crippen LogP contribution in [-0.2, 0) is 9.31 Å². The third-order valence-corrected chi connectivity index (χ3v) is 5.38. The van der Waals surface area contributed by atoms with Crippen molar-refractivity contribution in [1.29, 1.82) is 0 Å². The van der Waals surface area contributed by atoms with Gasteiger partial charge in [-0.2, -0.15) is 11.3 Å². The Morgan fingerprint density at radius 1 is 0.684 bits per heavy atom. The van der Waals surface area contributed by atoms with Gasteiger partial charge >= 0.3 is 28.5 Å². The third kappa shape index (κ3) is 12.5. The molecule has 0 amide bonds. The van der Waals surface area contributed by atoms with Gasteiger partial charge in [-0.25, -0.2) is 9.97 Å². The molecule has 17 heteroatoms. The molecule has 4 aromatic rings. The Labute approximate surface area is 225 Å². The van der Waals surface area contributed by atoms with Gasteiger partial charge in [-0.1, -0.05) is 18.2 Å². The predicted molar refractivity (Wildman–Crippen MR) is 146 cm³/mol. The molecular formula is C21H26B4N4O8S. The van der Waals surface area contributed by atoms with E-state index in [1.807, 2.05) is 12.1 Å². The van der Waals surface area contributed by atoms with E-state index in [-0.39, 0.29) is 7.12 Å². The van der Waals surface area contributed by atoms with Gasteiger partial charge in [-0.05, 0) is 35.5 Å². The van der Waals surface area contributed by atoms with Crippen molar-refractivity contribution in [2.75, 3.05) is 13.2 Å². The molecule has 1 aliphatic heterocycles. The highest BCUT2D eigenvalue weighted by Crippen LogP contribution is 2.00.